The van der Waals surface area contributed by atoms with Crippen molar-refractivity contribution < 1.29 is 13.2 Å². The second-order valence-electron chi connectivity index (χ2n) is 19.4. The molecule has 0 spiro atoms. The van der Waals surface area contributed by atoms with Gasteiger partial charge in [0.05, 0.1) is 28.3 Å². The number of rotatable bonds is 6. The van der Waals surface area contributed by atoms with Gasteiger partial charge in [-0.15, -0.1) is 0 Å². The van der Waals surface area contributed by atoms with Crippen molar-refractivity contribution >= 4 is 34.1 Å². The molecule has 0 fully saturated rings. The normalized spacial score (nSPS) is 14.4. The maximum absolute atomic E-state index is 14.6. The van der Waals surface area contributed by atoms with E-state index in [1.54, 1.807) is 0 Å². The predicted octanol–water partition coefficient (Wildman–Crippen LogP) is 18.2. The van der Waals surface area contributed by atoms with E-state index < -0.39 is 11.7 Å². The molecule has 0 aromatic heterocycles. The molecule has 2 nitrogen and oxygen atoms in total. The molecule has 2 heterocycles. The largest absolute Gasteiger partial charge is 0.416 e. The monoisotopic (exact) mass is 892 g/mol. The van der Waals surface area contributed by atoms with Gasteiger partial charge in [0, 0.05) is 22.2 Å². The summed E-state index contributed by atoms with van der Waals surface area (Å²) < 4.78 is 43.9. The van der Waals surface area contributed by atoms with Gasteiger partial charge in [-0.25, -0.2) is 0 Å². The highest BCUT2D eigenvalue weighted by Gasteiger charge is 2.38. The van der Waals surface area contributed by atoms with Crippen molar-refractivity contribution in [1.29, 1.82) is 0 Å². The lowest BCUT2D eigenvalue weighted by molar-refractivity contribution is -0.137. The summed E-state index contributed by atoms with van der Waals surface area (Å²) in [5.74, 6) is 0. The van der Waals surface area contributed by atoms with Gasteiger partial charge in [-0.3, -0.25) is 0 Å². The Morgan fingerprint density at radius 3 is 0.956 bits per heavy atom. The number of para-hydroxylation sites is 4. The maximum atomic E-state index is 14.6. The molecule has 5 heteroatoms. The molecule has 0 saturated carbocycles. The lowest BCUT2D eigenvalue weighted by Gasteiger charge is -2.42. The van der Waals surface area contributed by atoms with Crippen LogP contribution in [0.25, 0.3) is 44.5 Å². The van der Waals surface area contributed by atoms with Crippen molar-refractivity contribution in [2.75, 3.05) is 9.80 Å². The SMILES string of the molecule is Cc1cc(-c2cc(-c3ccc(-c4ccc(N5c6ccccc6C(C)(C)c6ccccc65)cc4)c(C)c3)cc(C(F)(F)F)c2)ccc1-c1ccc(N2c3ccccc3C(C)(C)c3ccccc32)cc1. The molecule has 0 aliphatic carbocycles. The standard InChI is InChI=1S/C63H51F3N2/c1-40-35-44(27-33-51(40)42-23-29-49(30-24-42)67-57-19-11-7-15-53(57)61(3,4)54-16-8-12-20-58(54)67)46-37-47(39-48(38-46)63(64,65)66)45-28-34-52(41(2)36-45)43-25-31-50(32-26-43)68-59-21-13-9-17-55(59)62(5,6)56-18-10-14-22-60(56)68/h7-39H,1-6H3. The number of nitrogens with zero attached hydrogens (tertiary/aromatic N) is 2. The fourth-order valence-electron chi connectivity index (χ4n) is 10.9. The Hall–Kier alpha value is -7.63. The third kappa shape index (κ3) is 7.11. The zero-order valence-corrected chi connectivity index (χ0v) is 39.1. The molecule has 0 amide bonds. The van der Waals surface area contributed by atoms with E-state index in [1.165, 1.54) is 34.4 Å². The number of aryl methyl sites for hydroxylation is 2. The first-order valence-corrected chi connectivity index (χ1v) is 23.3. The highest BCUT2D eigenvalue weighted by atomic mass is 19.4. The van der Waals surface area contributed by atoms with Gasteiger partial charge in [-0.1, -0.05) is 161 Å². The van der Waals surface area contributed by atoms with Gasteiger partial charge in [0.1, 0.15) is 0 Å². The van der Waals surface area contributed by atoms with E-state index in [0.717, 1.165) is 78.6 Å². The second kappa shape index (κ2) is 16.0. The van der Waals surface area contributed by atoms with E-state index in [1.807, 2.05) is 56.3 Å². The Morgan fingerprint density at radius 1 is 0.338 bits per heavy atom. The van der Waals surface area contributed by atoms with Gasteiger partial charge in [0.15, 0.2) is 0 Å². The van der Waals surface area contributed by atoms with E-state index in [0.29, 0.717) is 11.1 Å². The number of hydrogen-bond donors (Lipinski definition) is 0. The Balaban J connectivity index is 0.881. The third-order valence-electron chi connectivity index (χ3n) is 14.5. The molecule has 9 aromatic carbocycles. The molecule has 0 N–H and O–H groups in total. The van der Waals surface area contributed by atoms with Crippen LogP contribution in [-0.4, -0.2) is 0 Å². The van der Waals surface area contributed by atoms with Crippen LogP contribution in [0.1, 0.15) is 66.6 Å². The van der Waals surface area contributed by atoms with Crippen molar-refractivity contribution in [2.24, 2.45) is 0 Å². The zero-order chi connectivity index (χ0) is 47.1. The quantitative estimate of drug-likeness (QED) is 0.164. The molecular weight excluding hydrogens is 842 g/mol. The van der Waals surface area contributed by atoms with E-state index in [4.69, 9.17) is 0 Å². The minimum atomic E-state index is -4.52. The number of hydrogen-bond acceptors (Lipinski definition) is 2. The van der Waals surface area contributed by atoms with E-state index in [2.05, 4.69) is 183 Å². The fraction of sp³-hybridized carbons (Fsp3) is 0.143. The molecule has 0 radical (unpaired) electrons. The molecule has 0 unspecified atom stereocenters. The lowest BCUT2D eigenvalue weighted by atomic mass is 9.73. The van der Waals surface area contributed by atoms with E-state index in [9.17, 15) is 13.2 Å². The molecule has 0 bridgehead atoms. The van der Waals surface area contributed by atoms with Crippen LogP contribution in [0.3, 0.4) is 0 Å². The third-order valence-corrected chi connectivity index (χ3v) is 14.5. The van der Waals surface area contributed by atoms with Crippen molar-refractivity contribution in [3.63, 3.8) is 0 Å². The average molecular weight is 893 g/mol. The van der Waals surface area contributed by atoms with Crippen LogP contribution in [0.15, 0.2) is 200 Å². The predicted molar refractivity (Wildman–Crippen MR) is 276 cm³/mol. The van der Waals surface area contributed by atoms with Crippen LogP contribution in [0, 0.1) is 13.8 Å². The topological polar surface area (TPSA) is 6.48 Å². The molecule has 334 valence electrons. The molecule has 68 heavy (non-hydrogen) atoms. The van der Waals surface area contributed by atoms with Gasteiger partial charge < -0.3 is 9.80 Å². The highest BCUT2D eigenvalue weighted by molar-refractivity contribution is 5.89. The van der Waals surface area contributed by atoms with Gasteiger partial charge in [0.2, 0.25) is 0 Å². The minimum Gasteiger partial charge on any atom is -0.310 e. The first-order valence-electron chi connectivity index (χ1n) is 23.3. The number of fused-ring (bicyclic) bond motifs is 4. The van der Waals surface area contributed by atoms with Gasteiger partial charge in [-0.2, -0.15) is 13.2 Å². The maximum Gasteiger partial charge on any atom is 0.416 e. The minimum absolute atomic E-state index is 0.144. The summed E-state index contributed by atoms with van der Waals surface area (Å²) in [6.07, 6.45) is -4.52. The van der Waals surface area contributed by atoms with E-state index in [-0.39, 0.29) is 10.8 Å². The van der Waals surface area contributed by atoms with Crippen molar-refractivity contribution in [2.45, 2.75) is 58.5 Å². The Labute approximate surface area is 397 Å². The summed E-state index contributed by atoms with van der Waals surface area (Å²) >= 11 is 0. The molecular formula is C63H51F3N2. The molecule has 2 aliphatic heterocycles. The Bertz CT molecular complexity index is 3100. The zero-order valence-electron chi connectivity index (χ0n) is 39.1. The number of halogens is 3. The molecule has 0 atom stereocenters. The highest BCUT2D eigenvalue weighted by Crippen LogP contribution is 2.53. The second-order valence-corrected chi connectivity index (χ2v) is 19.4. The smallest absolute Gasteiger partial charge is 0.310 e. The summed E-state index contributed by atoms with van der Waals surface area (Å²) in [4.78, 5) is 4.67. The van der Waals surface area contributed by atoms with Crippen molar-refractivity contribution in [3.8, 4) is 44.5 Å². The first kappa shape index (κ1) is 43.0. The van der Waals surface area contributed by atoms with Crippen LogP contribution in [-0.2, 0) is 17.0 Å². The number of alkyl halides is 3. The number of anilines is 6. The van der Waals surface area contributed by atoms with Crippen LogP contribution in [0.2, 0.25) is 0 Å². The van der Waals surface area contributed by atoms with Crippen LogP contribution >= 0.6 is 0 Å². The van der Waals surface area contributed by atoms with E-state index >= 15 is 0 Å². The fourth-order valence-corrected chi connectivity index (χ4v) is 10.9. The molecule has 0 saturated heterocycles. The van der Waals surface area contributed by atoms with Gasteiger partial charge >= 0.3 is 6.18 Å². The average Bonchev–Trinajstić information content (AvgIpc) is 3.34. The lowest BCUT2D eigenvalue weighted by Crippen LogP contribution is -2.30. The Kier molecular flexibility index (Phi) is 10.1. The molecule has 2 aliphatic rings. The molecule has 11 rings (SSSR count). The summed E-state index contributed by atoms with van der Waals surface area (Å²) in [6, 6.07) is 68.0. The van der Waals surface area contributed by atoms with Gasteiger partial charge in [-0.05, 0) is 158 Å². The Morgan fingerprint density at radius 2 is 0.647 bits per heavy atom. The summed E-state index contributed by atoms with van der Waals surface area (Å²) in [7, 11) is 0. The summed E-state index contributed by atoms with van der Waals surface area (Å²) in [6.45, 7) is 13.2. The van der Waals surface area contributed by atoms with Crippen molar-refractivity contribution in [1.82, 2.24) is 0 Å². The first-order chi connectivity index (χ1) is 32.7. The molecule has 9 aromatic rings. The summed E-state index contributed by atoms with van der Waals surface area (Å²) in [5.41, 5.74) is 19.5. The van der Waals surface area contributed by atoms with Gasteiger partial charge in [0.25, 0.3) is 0 Å². The number of benzene rings is 9. The van der Waals surface area contributed by atoms with Crippen molar-refractivity contribution in [3.05, 3.63) is 239 Å². The van der Waals surface area contributed by atoms with Crippen LogP contribution in [0.4, 0.5) is 47.3 Å². The summed E-state index contributed by atoms with van der Waals surface area (Å²) in [5, 5.41) is 0. The van der Waals surface area contributed by atoms with Crippen LogP contribution in [0.5, 0.6) is 0 Å². The van der Waals surface area contributed by atoms with Crippen LogP contribution < -0.4 is 9.80 Å².